The summed E-state index contributed by atoms with van der Waals surface area (Å²) in [6, 6.07) is 0. The van der Waals surface area contributed by atoms with Gasteiger partial charge in [0.1, 0.15) is 0 Å². The van der Waals surface area contributed by atoms with Gasteiger partial charge in [0.25, 0.3) is 0 Å². The van der Waals surface area contributed by atoms with E-state index in [2.05, 4.69) is 36.7 Å². The number of hydrogen-bond donors (Lipinski definition) is 0. The highest BCUT2D eigenvalue weighted by Gasteiger charge is 2.53. The van der Waals surface area contributed by atoms with Gasteiger partial charge in [-0.1, -0.05) is 43.1 Å². The molecule has 1 aliphatic carbocycles. The molecule has 0 heterocycles. The molecule has 94 valence electrons. The first-order valence-electron chi connectivity index (χ1n) is 6.17. The maximum Gasteiger partial charge on any atom is 0.312 e. The molecule has 0 radical (unpaired) electrons. The van der Waals surface area contributed by atoms with Gasteiger partial charge in [-0.05, 0) is 31.1 Å². The van der Waals surface area contributed by atoms with E-state index in [1.54, 1.807) is 0 Å². The zero-order valence-corrected chi connectivity index (χ0v) is 12.2. The van der Waals surface area contributed by atoms with Crippen LogP contribution in [-0.4, -0.2) is 17.9 Å². The fraction of sp³-hybridized carbons (Fsp3) is 0.923. The Kier molecular flexibility index (Phi) is 4.84. The number of ether oxygens (including phenoxy) is 1. The van der Waals surface area contributed by atoms with Gasteiger partial charge in [0.15, 0.2) is 0 Å². The van der Waals surface area contributed by atoms with Crippen molar-refractivity contribution in [3.05, 3.63) is 0 Å². The lowest BCUT2D eigenvalue weighted by molar-refractivity contribution is -0.172. The van der Waals surface area contributed by atoms with Crippen LogP contribution in [0.4, 0.5) is 0 Å². The Morgan fingerprint density at radius 3 is 2.31 bits per heavy atom. The molecule has 0 saturated heterocycles. The molecule has 1 rings (SSSR count). The van der Waals surface area contributed by atoms with Crippen LogP contribution in [-0.2, 0) is 9.53 Å². The number of hydrogen-bond acceptors (Lipinski definition) is 2. The third-order valence-electron chi connectivity index (χ3n) is 3.79. The maximum atomic E-state index is 12.1. The summed E-state index contributed by atoms with van der Waals surface area (Å²) in [7, 11) is 0. The van der Waals surface area contributed by atoms with Crippen molar-refractivity contribution >= 4 is 21.9 Å². The summed E-state index contributed by atoms with van der Waals surface area (Å²) in [5, 5.41) is 0.981. The molecule has 0 aromatic heterocycles. The van der Waals surface area contributed by atoms with E-state index < -0.39 is 0 Å². The van der Waals surface area contributed by atoms with Crippen molar-refractivity contribution in [2.24, 2.45) is 10.8 Å². The number of carbonyl (C=O) groups is 1. The Labute approximate surface area is 107 Å². The fourth-order valence-electron chi connectivity index (χ4n) is 2.29. The number of rotatable bonds is 5. The fourth-order valence-corrected chi connectivity index (χ4v) is 2.69. The largest absolute Gasteiger partial charge is 0.465 e. The van der Waals surface area contributed by atoms with Crippen molar-refractivity contribution in [3.63, 3.8) is 0 Å². The molecule has 0 unspecified atom stereocenters. The highest BCUT2D eigenvalue weighted by molar-refractivity contribution is 9.09. The van der Waals surface area contributed by atoms with Crippen molar-refractivity contribution in [2.75, 3.05) is 11.9 Å². The van der Waals surface area contributed by atoms with Crippen LogP contribution in [0.2, 0.25) is 0 Å². The lowest BCUT2D eigenvalue weighted by Gasteiger charge is -2.49. The van der Waals surface area contributed by atoms with Crippen LogP contribution < -0.4 is 0 Å². The molecular formula is C13H23BrO2. The van der Waals surface area contributed by atoms with Gasteiger partial charge in [-0.3, -0.25) is 4.79 Å². The molecular weight excluding hydrogens is 268 g/mol. The number of alkyl halides is 1. The van der Waals surface area contributed by atoms with E-state index >= 15 is 0 Å². The molecule has 0 N–H and O–H groups in total. The summed E-state index contributed by atoms with van der Waals surface area (Å²) in [5.74, 6) is 0.0285. The quantitative estimate of drug-likeness (QED) is 0.436. The summed E-state index contributed by atoms with van der Waals surface area (Å²) in [5.41, 5.74) is -0.181. The van der Waals surface area contributed by atoms with E-state index in [4.69, 9.17) is 4.74 Å². The monoisotopic (exact) mass is 290 g/mol. The van der Waals surface area contributed by atoms with Crippen LogP contribution in [0.15, 0.2) is 0 Å². The van der Waals surface area contributed by atoms with Crippen LogP contribution in [0.5, 0.6) is 0 Å². The predicted molar refractivity (Wildman–Crippen MR) is 69.7 cm³/mol. The van der Waals surface area contributed by atoms with Crippen molar-refractivity contribution in [2.45, 2.75) is 52.9 Å². The molecule has 0 atom stereocenters. The van der Waals surface area contributed by atoms with Gasteiger partial charge in [0, 0.05) is 5.33 Å². The van der Waals surface area contributed by atoms with E-state index in [0.29, 0.717) is 6.61 Å². The van der Waals surface area contributed by atoms with Crippen LogP contribution >= 0.6 is 15.9 Å². The van der Waals surface area contributed by atoms with Gasteiger partial charge in [-0.2, -0.15) is 0 Å². The van der Waals surface area contributed by atoms with Gasteiger partial charge in [0.05, 0.1) is 12.0 Å². The summed E-state index contributed by atoms with van der Waals surface area (Å²) >= 11 is 3.37. The van der Waals surface area contributed by atoms with E-state index in [1.807, 2.05) is 0 Å². The Hall–Kier alpha value is -0.0500. The van der Waals surface area contributed by atoms with E-state index in [9.17, 15) is 4.79 Å². The third-order valence-corrected chi connectivity index (χ3v) is 4.36. The minimum Gasteiger partial charge on any atom is -0.465 e. The van der Waals surface area contributed by atoms with Gasteiger partial charge in [-0.25, -0.2) is 0 Å². The minimum atomic E-state index is -0.207. The van der Waals surface area contributed by atoms with Gasteiger partial charge < -0.3 is 4.74 Å². The number of unbranched alkanes of at least 4 members (excludes halogenated alkanes) is 1. The molecule has 0 aromatic carbocycles. The number of halogens is 1. The number of esters is 1. The third kappa shape index (κ3) is 2.79. The average molecular weight is 291 g/mol. The van der Waals surface area contributed by atoms with Crippen molar-refractivity contribution in [1.29, 1.82) is 0 Å². The Balaban J connectivity index is 2.45. The molecule has 1 fully saturated rings. The van der Waals surface area contributed by atoms with Crippen molar-refractivity contribution in [1.82, 2.24) is 0 Å². The van der Waals surface area contributed by atoms with Crippen LogP contribution in [0.25, 0.3) is 0 Å². The van der Waals surface area contributed by atoms with Gasteiger partial charge >= 0.3 is 5.97 Å². The molecule has 2 nitrogen and oxygen atoms in total. The Bertz CT molecular complexity index is 239. The first-order valence-corrected chi connectivity index (χ1v) is 7.29. The summed E-state index contributed by atoms with van der Waals surface area (Å²) in [4.78, 5) is 12.1. The standard InChI is InChI=1S/C13H23BrO2/c1-12(2,3)13(7-6-8-13)11(15)16-10-5-4-9-14/h4-10H2,1-3H3. The first kappa shape index (κ1) is 14.0. The molecule has 1 saturated carbocycles. The molecule has 0 aromatic rings. The molecule has 0 spiro atoms. The van der Waals surface area contributed by atoms with E-state index in [-0.39, 0.29) is 16.8 Å². The molecule has 0 aliphatic heterocycles. The van der Waals surface area contributed by atoms with Crippen molar-refractivity contribution < 1.29 is 9.53 Å². The molecule has 1 aliphatic rings. The summed E-state index contributed by atoms with van der Waals surface area (Å²) < 4.78 is 5.42. The summed E-state index contributed by atoms with van der Waals surface area (Å²) in [6.45, 7) is 7.01. The smallest absolute Gasteiger partial charge is 0.312 e. The molecule has 0 bridgehead atoms. The average Bonchev–Trinajstić information content (AvgIpc) is 2.08. The minimum absolute atomic E-state index is 0.0256. The lowest BCUT2D eigenvalue weighted by Crippen LogP contribution is -2.49. The summed E-state index contributed by atoms with van der Waals surface area (Å²) in [6.07, 6.45) is 5.17. The zero-order valence-electron chi connectivity index (χ0n) is 10.6. The maximum absolute atomic E-state index is 12.1. The Morgan fingerprint density at radius 2 is 1.94 bits per heavy atom. The molecule has 0 amide bonds. The van der Waals surface area contributed by atoms with Crippen LogP contribution in [0, 0.1) is 10.8 Å². The first-order chi connectivity index (χ1) is 7.44. The highest BCUT2D eigenvalue weighted by atomic mass is 79.9. The van der Waals surface area contributed by atoms with E-state index in [0.717, 1.165) is 37.4 Å². The van der Waals surface area contributed by atoms with Gasteiger partial charge in [0.2, 0.25) is 0 Å². The van der Waals surface area contributed by atoms with Crippen LogP contribution in [0.1, 0.15) is 52.9 Å². The lowest BCUT2D eigenvalue weighted by atomic mass is 9.55. The van der Waals surface area contributed by atoms with Gasteiger partial charge in [-0.15, -0.1) is 0 Å². The topological polar surface area (TPSA) is 26.3 Å². The SMILES string of the molecule is CC(C)(C)C1(C(=O)OCCCCBr)CCC1. The second-order valence-electron chi connectivity index (χ2n) is 5.72. The van der Waals surface area contributed by atoms with E-state index in [1.165, 1.54) is 0 Å². The number of carbonyl (C=O) groups excluding carboxylic acids is 1. The zero-order chi connectivity index (χ0) is 12.2. The van der Waals surface area contributed by atoms with Crippen LogP contribution in [0.3, 0.4) is 0 Å². The molecule has 3 heteroatoms. The predicted octanol–water partition coefficient (Wildman–Crippen LogP) is 3.92. The molecule has 16 heavy (non-hydrogen) atoms. The second-order valence-corrected chi connectivity index (χ2v) is 6.51. The Morgan fingerprint density at radius 1 is 1.31 bits per heavy atom. The normalized spacial score (nSPS) is 19.0. The van der Waals surface area contributed by atoms with Crippen molar-refractivity contribution in [3.8, 4) is 0 Å². The highest BCUT2D eigenvalue weighted by Crippen LogP contribution is 2.54. The second kappa shape index (κ2) is 5.52.